The van der Waals surface area contributed by atoms with Crippen LogP contribution < -0.4 is 10.6 Å². The summed E-state index contributed by atoms with van der Waals surface area (Å²) in [5.41, 5.74) is 2.11. The van der Waals surface area contributed by atoms with E-state index < -0.39 is 0 Å². The monoisotopic (exact) mass is 260 g/mol. The van der Waals surface area contributed by atoms with Crippen LogP contribution in [0.3, 0.4) is 0 Å². The fourth-order valence-electron chi connectivity index (χ4n) is 2.49. The quantitative estimate of drug-likeness (QED) is 0.873. The summed E-state index contributed by atoms with van der Waals surface area (Å²) in [6.07, 6.45) is 2.00. The van der Waals surface area contributed by atoms with Crippen molar-refractivity contribution in [3.8, 4) is 0 Å². The van der Waals surface area contributed by atoms with Crippen LogP contribution in [0.15, 0.2) is 24.3 Å². The maximum atomic E-state index is 12.1. The molecule has 104 valence electrons. The summed E-state index contributed by atoms with van der Waals surface area (Å²) in [4.78, 5) is 12.1. The van der Waals surface area contributed by atoms with Gasteiger partial charge in [0.15, 0.2) is 0 Å². The van der Waals surface area contributed by atoms with Gasteiger partial charge in [-0.25, -0.2) is 0 Å². The molecule has 1 aliphatic rings. The van der Waals surface area contributed by atoms with Crippen LogP contribution in [-0.2, 0) is 11.3 Å². The Labute approximate surface area is 115 Å². The van der Waals surface area contributed by atoms with Gasteiger partial charge in [-0.15, -0.1) is 0 Å². The Morgan fingerprint density at radius 1 is 1.37 bits per heavy atom. The number of nitrogens with one attached hydrogen (secondary N) is 2. The molecule has 2 N–H and O–H groups in total. The summed E-state index contributed by atoms with van der Waals surface area (Å²) < 4.78 is 0. The number of amides is 1. The Balaban J connectivity index is 1.90. The molecule has 1 aliphatic heterocycles. The van der Waals surface area contributed by atoms with Gasteiger partial charge < -0.3 is 10.6 Å². The van der Waals surface area contributed by atoms with E-state index in [-0.39, 0.29) is 11.4 Å². The van der Waals surface area contributed by atoms with E-state index in [1.807, 2.05) is 6.92 Å². The summed E-state index contributed by atoms with van der Waals surface area (Å²) in [5.74, 6) is 0.656. The lowest BCUT2D eigenvalue weighted by Gasteiger charge is -2.23. The largest absolute Gasteiger partial charge is 0.350 e. The van der Waals surface area contributed by atoms with Gasteiger partial charge in [0.1, 0.15) is 0 Å². The molecule has 19 heavy (non-hydrogen) atoms. The number of hydrogen-bond acceptors (Lipinski definition) is 2. The van der Waals surface area contributed by atoms with Gasteiger partial charge in [-0.05, 0) is 43.4 Å². The molecule has 1 aromatic carbocycles. The van der Waals surface area contributed by atoms with Crippen molar-refractivity contribution in [2.45, 2.75) is 51.6 Å². The highest BCUT2D eigenvalue weighted by atomic mass is 16.2. The summed E-state index contributed by atoms with van der Waals surface area (Å²) in [5, 5.41) is 6.31. The number of carbonyl (C=O) groups excluding carboxylic acids is 1. The van der Waals surface area contributed by atoms with Crippen LogP contribution in [0.5, 0.6) is 0 Å². The number of benzene rings is 1. The van der Waals surface area contributed by atoms with Crippen LogP contribution in [0, 0.1) is 0 Å². The van der Waals surface area contributed by atoms with Crippen molar-refractivity contribution in [2.24, 2.45) is 0 Å². The molecule has 1 unspecified atom stereocenters. The highest BCUT2D eigenvalue weighted by molar-refractivity contribution is 5.86. The molecular formula is C16H24N2O. The second-order valence-electron chi connectivity index (χ2n) is 5.94. The molecule has 1 amide bonds. The number of hydrogen-bond donors (Lipinski definition) is 2. The third-order valence-corrected chi connectivity index (χ3v) is 3.97. The van der Waals surface area contributed by atoms with Crippen LogP contribution in [-0.4, -0.2) is 18.0 Å². The Kier molecular flexibility index (Phi) is 4.25. The van der Waals surface area contributed by atoms with Crippen LogP contribution in [0.25, 0.3) is 0 Å². The zero-order valence-corrected chi connectivity index (χ0v) is 12.1. The lowest BCUT2D eigenvalue weighted by molar-refractivity contribution is -0.126. The van der Waals surface area contributed by atoms with E-state index in [2.05, 4.69) is 48.7 Å². The van der Waals surface area contributed by atoms with Gasteiger partial charge in [-0.1, -0.05) is 38.1 Å². The smallest absolute Gasteiger partial charge is 0.240 e. The molecule has 0 spiro atoms. The average Bonchev–Trinajstić information content (AvgIpc) is 2.84. The first-order valence-corrected chi connectivity index (χ1v) is 7.13. The van der Waals surface area contributed by atoms with Crippen molar-refractivity contribution in [1.29, 1.82) is 0 Å². The minimum atomic E-state index is -0.377. The van der Waals surface area contributed by atoms with Gasteiger partial charge >= 0.3 is 0 Å². The molecular weight excluding hydrogens is 236 g/mol. The van der Waals surface area contributed by atoms with Crippen molar-refractivity contribution in [2.75, 3.05) is 6.54 Å². The fraction of sp³-hybridized carbons (Fsp3) is 0.562. The van der Waals surface area contributed by atoms with Crippen molar-refractivity contribution in [3.63, 3.8) is 0 Å². The van der Waals surface area contributed by atoms with Crippen molar-refractivity contribution < 1.29 is 4.79 Å². The first-order valence-electron chi connectivity index (χ1n) is 7.13. The van der Waals surface area contributed by atoms with Gasteiger partial charge in [-0.2, -0.15) is 0 Å². The lowest BCUT2D eigenvalue weighted by Crippen LogP contribution is -2.50. The molecule has 1 aromatic rings. The van der Waals surface area contributed by atoms with Crippen LogP contribution >= 0.6 is 0 Å². The van der Waals surface area contributed by atoms with E-state index in [9.17, 15) is 4.79 Å². The molecule has 3 nitrogen and oxygen atoms in total. The standard InChI is InChI=1S/C16H24N2O/c1-12(2)14-7-5-13(6-8-14)11-17-15(19)16(3)9-4-10-18-16/h5-8,12,18H,4,9-11H2,1-3H3,(H,17,19). The second-order valence-corrected chi connectivity index (χ2v) is 5.94. The molecule has 1 atom stereocenters. The molecule has 0 bridgehead atoms. The average molecular weight is 260 g/mol. The molecule has 0 aliphatic carbocycles. The van der Waals surface area contributed by atoms with E-state index >= 15 is 0 Å². The number of carbonyl (C=O) groups is 1. The Bertz CT molecular complexity index is 431. The van der Waals surface area contributed by atoms with E-state index in [1.165, 1.54) is 5.56 Å². The molecule has 0 aromatic heterocycles. The van der Waals surface area contributed by atoms with Gasteiger partial charge in [0, 0.05) is 6.54 Å². The fourth-order valence-corrected chi connectivity index (χ4v) is 2.49. The van der Waals surface area contributed by atoms with E-state index in [0.717, 1.165) is 24.9 Å². The minimum absolute atomic E-state index is 0.109. The van der Waals surface area contributed by atoms with Crippen molar-refractivity contribution in [1.82, 2.24) is 10.6 Å². The molecule has 0 radical (unpaired) electrons. The van der Waals surface area contributed by atoms with Gasteiger partial charge in [0.2, 0.25) is 5.91 Å². The van der Waals surface area contributed by atoms with Gasteiger partial charge in [-0.3, -0.25) is 4.79 Å². The van der Waals surface area contributed by atoms with Gasteiger partial charge in [0.05, 0.1) is 5.54 Å². The third kappa shape index (κ3) is 3.35. The summed E-state index contributed by atoms with van der Waals surface area (Å²) >= 11 is 0. The summed E-state index contributed by atoms with van der Waals surface area (Å²) in [6.45, 7) is 7.89. The predicted molar refractivity (Wildman–Crippen MR) is 78.0 cm³/mol. The first-order chi connectivity index (χ1) is 9.01. The predicted octanol–water partition coefficient (Wildman–Crippen LogP) is 2.57. The summed E-state index contributed by atoms with van der Waals surface area (Å²) in [6, 6.07) is 8.48. The third-order valence-electron chi connectivity index (χ3n) is 3.97. The summed E-state index contributed by atoms with van der Waals surface area (Å²) in [7, 11) is 0. The Morgan fingerprint density at radius 3 is 2.58 bits per heavy atom. The van der Waals surface area contributed by atoms with Crippen LogP contribution in [0.2, 0.25) is 0 Å². The van der Waals surface area contributed by atoms with Crippen molar-refractivity contribution in [3.05, 3.63) is 35.4 Å². The molecule has 1 saturated heterocycles. The minimum Gasteiger partial charge on any atom is -0.350 e. The SMILES string of the molecule is CC(C)c1ccc(CNC(=O)C2(C)CCCN2)cc1. The zero-order valence-electron chi connectivity index (χ0n) is 12.1. The normalized spacial score (nSPS) is 22.7. The molecule has 1 fully saturated rings. The first kappa shape index (κ1) is 14.1. The maximum Gasteiger partial charge on any atom is 0.240 e. The highest BCUT2D eigenvalue weighted by Crippen LogP contribution is 2.19. The topological polar surface area (TPSA) is 41.1 Å². The van der Waals surface area contributed by atoms with Crippen molar-refractivity contribution >= 4 is 5.91 Å². The van der Waals surface area contributed by atoms with Crippen LogP contribution in [0.4, 0.5) is 0 Å². The second kappa shape index (κ2) is 5.74. The highest BCUT2D eigenvalue weighted by Gasteiger charge is 2.35. The van der Waals surface area contributed by atoms with Gasteiger partial charge in [0.25, 0.3) is 0 Å². The zero-order chi connectivity index (χ0) is 13.9. The molecule has 1 heterocycles. The van der Waals surface area contributed by atoms with E-state index in [1.54, 1.807) is 0 Å². The molecule has 3 heteroatoms. The molecule has 0 saturated carbocycles. The Hall–Kier alpha value is -1.35. The van der Waals surface area contributed by atoms with Crippen LogP contribution in [0.1, 0.15) is 50.7 Å². The molecule has 2 rings (SSSR count). The number of rotatable bonds is 4. The Morgan fingerprint density at radius 2 is 2.05 bits per heavy atom. The lowest BCUT2D eigenvalue weighted by atomic mass is 9.99. The maximum absolute atomic E-state index is 12.1. The van der Waals surface area contributed by atoms with E-state index in [4.69, 9.17) is 0 Å². The van der Waals surface area contributed by atoms with E-state index in [0.29, 0.717) is 12.5 Å².